The molecule has 8 heteroatoms. The number of unbranched alkanes of at least 4 members (excludes halogenated alkanes) is 2. The molecule has 2 aliphatic rings. The van der Waals surface area contributed by atoms with E-state index in [-0.39, 0.29) is 30.5 Å². The zero-order valence-corrected chi connectivity index (χ0v) is 21.7. The van der Waals surface area contributed by atoms with Gasteiger partial charge in [0, 0.05) is 25.4 Å². The van der Waals surface area contributed by atoms with Crippen LogP contribution in [0.25, 0.3) is 11.1 Å². The second-order valence-corrected chi connectivity index (χ2v) is 9.93. The molecule has 0 unspecified atom stereocenters. The number of fused-ring (bicyclic) bond motifs is 3. The summed E-state index contributed by atoms with van der Waals surface area (Å²) in [6, 6.07) is 16.0. The molecule has 8 nitrogen and oxygen atoms in total. The number of esters is 1. The van der Waals surface area contributed by atoms with Crippen molar-refractivity contribution in [3.8, 4) is 11.1 Å². The van der Waals surface area contributed by atoms with E-state index in [1.807, 2.05) is 38.1 Å². The Balaban J connectivity index is 1.19. The Kier molecular flexibility index (Phi) is 9.17. The highest BCUT2D eigenvalue weighted by molar-refractivity contribution is 5.82. The van der Waals surface area contributed by atoms with Crippen LogP contribution in [0.2, 0.25) is 0 Å². The molecular weight excluding hydrogens is 470 g/mol. The topological polar surface area (TPSA) is 97.0 Å². The summed E-state index contributed by atoms with van der Waals surface area (Å²) in [4.78, 5) is 37.0. The van der Waals surface area contributed by atoms with Crippen LogP contribution in [0.1, 0.15) is 69.4 Å². The zero-order chi connectivity index (χ0) is 26.2. The molecule has 1 atom stereocenters. The normalized spacial score (nSPS) is 16.8. The lowest BCUT2D eigenvalue weighted by Crippen LogP contribution is -2.51. The number of ether oxygens (including phenoxy) is 2. The van der Waals surface area contributed by atoms with E-state index >= 15 is 0 Å². The van der Waals surface area contributed by atoms with E-state index in [1.54, 1.807) is 5.01 Å². The van der Waals surface area contributed by atoms with Crippen molar-refractivity contribution in [3.05, 3.63) is 59.7 Å². The predicted molar refractivity (Wildman–Crippen MR) is 141 cm³/mol. The fraction of sp³-hybridized carbons (Fsp3) is 0.483. The number of benzene rings is 2. The summed E-state index contributed by atoms with van der Waals surface area (Å²) in [6.45, 7) is 5.03. The molecule has 2 aromatic rings. The van der Waals surface area contributed by atoms with Crippen LogP contribution < -0.4 is 10.7 Å². The molecule has 1 fully saturated rings. The maximum atomic E-state index is 12.7. The second kappa shape index (κ2) is 12.7. The molecular formula is C29H37N3O5. The standard InChI is InChI=1S/C29H37N3O5/c1-20(2)37-27(33)16-4-3-9-17-30-28(34)26-15-10-18-32(26)31-29(35)36-19-25-23-13-7-5-11-21(23)22-12-6-8-14-24(22)25/h5-8,11-14,20,25-26H,3-4,9-10,15-19H2,1-2H3,(H,30,34)(H,31,35)/t26-/m0/s1. The number of carbonyl (C=O) groups excluding carboxylic acids is 3. The van der Waals surface area contributed by atoms with Gasteiger partial charge in [-0.25, -0.2) is 9.80 Å². The molecule has 0 bridgehead atoms. The molecule has 0 aromatic heterocycles. The van der Waals surface area contributed by atoms with Crippen LogP contribution in [0.3, 0.4) is 0 Å². The molecule has 2 aromatic carbocycles. The summed E-state index contributed by atoms with van der Waals surface area (Å²) in [5, 5.41) is 4.63. The smallest absolute Gasteiger partial charge is 0.421 e. The quantitative estimate of drug-likeness (QED) is 0.343. The van der Waals surface area contributed by atoms with Crippen LogP contribution in [-0.2, 0) is 19.1 Å². The summed E-state index contributed by atoms with van der Waals surface area (Å²) >= 11 is 0. The maximum Gasteiger partial charge on any atom is 0.421 e. The van der Waals surface area contributed by atoms with Gasteiger partial charge in [-0.05, 0) is 61.8 Å². The third-order valence-electron chi connectivity index (χ3n) is 6.86. The lowest BCUT2D eigenvalue weighted by Gasteiger charge is -2.24. The van der Waals surface area contributed by atoms with Gasteiger partial charge >= 0.3 is 12.1 Å². The minimum atomic E-state index is -0.546. The molecule has 0 radical (unpaired) electrons. The maximum absolute atomic E-state index is 12.7. The van der Waals surface area contributed by atoms with Crippen LogP contribution >= 0.6 is 0 Å². The first-order valence-electron chi connectivity index (χ1n) is 13.3. The van der Waals surface area contributed by atoms with Crippen LogP contribution in [0, 0.1) is 0 Å². The summed E-state index contributed by atoms with van der Waals surface area (Å²) in [6.07, 6.45) is 3.61. The highest BCUT2D eigenvalue weighted by Crippen LogP contribution is 2.44. The molecule has 4 rings (SSSR count). The molecule has 198 valence electrons. The summed E-state index contributed by atoms with van der Waals surface area (Å²) in [7, 11) is 0. The molecule has 1 heterocycles. The molecule has 1 saturated heterocycles. The van der Waals surface area contributed by atoms with Crippen molar-refractivity contribution < 1.29 is 23.9 Å². The van der Waals surface area contributed by atoms with E-state index in [2.05, 4.69) is 35.0 Å². The monoisotopic (exact) mass is 507 g/mol. The first-order chi connectivity index (χ1) is 17.9. The second-order valence-electron chi connectivity index (χ2n) is 9.93. The van der Waals surface area contributed by atoms with Crippen molar-refractivity contribution in [1.29, 1.82) is 0 Å². The van der Waals surface area contributed by atoms with Crippen LogP contribution in [0.15, 0.2) is 48.5 Å². The van der Waals surface area contributed by atoms with Gasteiger partial charge in [-0.1, -0.05) is 55.0 Å². The number of hydrazine groups is 1. The van der Waals surface area contributed by atoms with Gasteiger partial charge in [-0.15, -0.1) is 0 Å². The van der Waals surface area contributed by atoms with Crippen LogP contribution in [0.4, 0.5) is 4.79 Å². The Hall–Kier alpha value is -3.39. The number of nitrogens with zero attached hydrogens (tertiary/aromatic N) is 1. The Morgan fingerprint density at radius 2 is 1.65 bits per heavy atom. The summed E-state index contributed by atoms with van der Waals surface area (Å²) in [5.74, 6) is -0.293. The van der Waals surface area contributed by atoms with E-state index in [4.69, 9.17) is 9.47 Å². The fourth-order valence-electron chi connectivity index (χ4n) is 5.14. The van der Waals surface area contributed by atoms with Gasteiger partial charge in [0.2, 0.25) is 5.91 Å². The summed E-state index contributed by atoms with van der Waals surface area (Å²) in [5.41, 5.74) is 7.46. The summed E-state index contributed by atoms with van der Waals surface area (Å²) < 4.78 is 10.8. The van der Waals surface area contributed by atoms with Crippen LogP contribution in [-0.4, -0.2) is 54.8 Å². The highest BCUT2D eigenvalue weighted by Gasteiger charge is 2.33. The number of nitrogens with one attached hydrogen (secondary N) is 2. The van der Waals surface area contributed by atoms with Crippen molar-refractivity contribution in [2.75, 3.05) is 19.7 Å². The molecule has 0 saturated carbocycles. The number of carbonyl (C=O) groups is 3. The van der Waals surface area contributed by atoms with Crippen molar-refractivity contribution >= 4 is 18.0 Å². The number of hydrogen-bond donors (Lipinski definition) is 2. The number of amides is 2. The Morgan fingerprint density at radius 1 is 0.973 bits per heavy atom. The van der Waals surface area contributed by atoms with Crippen molar-refractivity contribution in [3.63, 3.8) is 0 Å². The minimum Gasteiger partial charge on any atom is -0.463 e. The molecule has 2 amide bonds. The lowest BCUT2D eigenvalue weighted by molar-refractivity contribution is -0.147. The molecule has 0 spiro atoms. The largest absolute Gasteiger partial charge is 0.463 e. The third-order valence-corrected chi connectivity index (χ3v) is 6.86. The molecule has 1 aliphatic carbocycles. The van der Waals surface area contributed by atoms with Crippen molar-refractivity contribution in [2.24, 2.45) is 0 Å². The number of hydrogen-bond acceptors (Lipinski definition) is 6. The van der Waals surface area contributed by atoms with Crippen molar-refractivity contribution in [1.82, 2.24) is 15.8 Å². The lowest BCUT2D eigenvalue weighted by atomic mass is 9.98. The van der Waals surface area contributed by atoms with Crippen molar-refractivity contribution in [2.45, 2.75) is 70.4 Å². The SMILES string of the molecule is CC(C)OC(=O)CCCCCNC(=O)[C@@H]1CCCN1NC(=O)OCC1c2ccccc2-c2ccccc21. The zero-order valence-electron chi connectivity index (χ0n) is 21.7. The average molecular weight is 508 g/mol. The van der Waals surface area contributed by atoms with E-state index < -0.39 is 12.1 Å². The van der Waals surface area contributed by atoms with E-state index in [0.29, 0.717) is 25.9 Å². The van der Waals surface area contributed by atoms with Gasteiger partial charge in [0.25, 0.3) is 0 Å². The first kappa shape index (κ1) is 26.7. The Bertz CT molecular complexity index is 1060. The number of rotatable bonds is 11. The third kappa shape index (κ3) is 6.89. The van der Waals surface area contributed by atoms with E-state index in [1.165, 1.54) is 11.1 Å². The van der Waals surface area contributed by atoms with E-state index in [0.717, 1.165) is 36.8 Å². The van der Waals surface area contributed by atoms with Gasteiger partial charge in [-0.2, -0.15) is 0 Å². The predicted octanol–water partition coefficient (Wildman–Crippen LogP) is 4.53. The van der Waals surface area contributed by atoms with Gasteiger partial charge in [-0.3, -0.25) is 15.0 Å². The van der Waals surface area contributed by atoms with Gasteiger partial charge in [0.15, 0.2) is 0 Å². The minimum absolute atomic E-state index is 0.0111. The molecule has 2 N–H and O–H groups in total. The average Bonchev–Trinajstić information content (AvgIpc) is 3.47. The molecule has 1 aliphatic heterocycles. The highest BCUT2D eigenvalue weighted by atomic mass is 16.6. The Morgan fingerprint density at radius 3 is 2.32 bits per heavy atom. The van der Waals surface area contributed by atoms with Gasteiger partial charge in [0.1, 0.15) is 12.6 Å². The van der Waals surface area contributed by atoms with Gasteiger partial charge in [0.05, 0.1) is 6.10 Å². The molecule has 37 heavy (non-hydrogen) atoms. The Labute approximate surface area is 218 Å². The van der Waals surface area contributed by atoms with Gasteiger partial charge < -0.3 is 14.8 Å². The van der Waals surface area contributed by atoms with Crippen LogP contribution in [0.5, 0.6) is 0 Å². The first-order valence-corrected chi connectivity index (χ1v) is 13.3. The fourth-order valence-corrected chi connectivity index (χ4v) is 5.14. The van der Waals surface area contributed by atoms with E-state index in [9.17, 15) is 14.4 Å².